The summed E-state index contributed by atoms with van der Waals surface area (Å²) < 4.78 is 0. The van der Waals surface area contributed by atoms with Crippen LogP contribution in [0.5, 0.6) is 0 Å². The average Bonchev–Trinajstić information content (AvgIpc) is 2.40. The number of pyridine rings is 1. The van der Waals surface area contributed by atoms with Crippen molar-refractivity contribution in [2.45, 2.75) is 25.9 Å². The van der Waals surface area contributed by atoms with Gasteiger partial charge in [0.05, 0.1) is 12.1 Å². The summed E-state index contributed by atoms with van der Waals surface area (Å²) in [5, 5.41) is 13.7. The van der Waals surface area contributed by atoms with Gasteiger partial charge in [-0.05, 0) is 24.1 Å². The second kappa shape index (κ2) is 5.75. The van der Waals surface area contributed by atoms with Crippen LogP contribution in [0.25, 0.3) is 10.9 Å². The second-order valence-electron chi connectivity index (χ2n) is 4.16. The lowest BCUT2D eigenvalue weighted by molar-refractivity contribution is 0.238. The number of nitrogens with one attached hydrogen (secondary N) is 1. The molecule has 17 heavy (non-hydrogen) atoms. The van der Waals surface area contributed by atoms with E-state index in [2.05, 4.69) is 23.3 Å². The fraction of sp³-hybridized carbons (Fsp3) is 0.357. The van der Waals surface area contributed by atoms with Crippen molar-refractivity contribution in [1.82, 2.24) is 10.3 Å². The van der Waals surface area contributed by atoms with Gasteiger partial charge >= 0.3 is 0 Å². The van der Waals surface area contributed by atoms with E-state index in [-0.39, 0.29) is 12.6 Å². The van der Waals surface area contributed by atoms with Crippen LogP contribution in [-0.2, 0) is 6.54 Å². The minimum Gasteiger partial charge on any atom is -0.395 e. The first kappa shape index (κ1) is 12.0. The molecule has 2 N–H and O–H groups in total. The minimum atomic E-state index is 0.168. The Balaban J connectivity index is 2.18. The molecule has 0 aliphatic rings. The number of aliphatic hydroxyl groups excluding tert-OH is 1. The van der Waals surface area contributed by atoms with Crippen LogP contribution in [0.3, 0.4) is 0 Å². The number of hydrogen-bond acceptors (Lipinski definition) is 3. The van der Waals surface area contributed by atoms with Crippen LogP contribution >= 0.6 is 0 Å². The molecule has 0 fully saturated rings. The van der Waals surface area contributed by atoms with Gasteiger partial charge in [0.25, 0.3) is 0 Å². The Kier molecular flexibility index (Phi) is 4.07. The van der Waals surface area contributed by atoms with Crippen molar-refractivity contribution in [3.05, 3.63) is 42.1 Å². The first-order valence-corrected chi connectivity index (χ1v) is 6.02. The molecule has 1 atom stereocenters. The van der Waals surface area contributed by atoms with Gasteiger partial charge in [-0.2, -0.15) is 0 Å². The highest BCUT2D eigenvalue weighted by Crippen LogP contribution is 2.15. The molecular formula is C14H18N2O. The van der Waals surface area contributed by atoms with E-state index < -0.39 is 0 Å². The molecule has 90 valence electrons. The molecule has 0 radical (unpaired) electrons. The molecule has 0 saturated carbocycles. The summed E-state index contributed by atoms with van der Waals surface area (Å²) in [7, 11) is 0. The molecule has 3 heteroatoms. The van der Waals surface area contributed by atoms with Crippen molar-refractivity contribution in [2.75, 3.05) is 6.61 Å². The van der Waals surface area contributed by atoms with Crippen molar-refractivity contribution in [1.29, 1.82) is 0 Å². The lowest BCUT2D eigenvalue weighted by Gasteiger charge is -2.14. The Bertz CT molecular complexity index is 475. The average molecular weight is 230 g/mol. The number of hydrogen-bond donors (Lipinski definition) is 2. The van der Waals surface area contributed by atoms with Crippen molar-refractivity contribution >= 4 is 10.9 Å². The highest BCUT2D eigenvalue weighted by Gasteiger charge is 2.05. The molecule has 0 amide bonds. The molecule has 1 aromatic carbocycles. The van der Waals surface area contributed by atoms with E-state index in [9.17, 15) is 0 Å². The monoisotopic (exact) mass is 230 g/mol. The predicted molar refractivity (Wildman–Crippen MR) is 69.7 cm³/mol. The van der Waals surface area contributed by atoms with Crippen LogP contribution in [0.1, 0.15) is 18.9 Å². The smallest absolute Gasteiger partial charge is 0.0705 e. The Morgan fingerprint density at radius 2 is 2.12 bits per heavy atom. The summed E-state index contributed by atoms with van der Waals surface area (Å²) in [5.41, 5.74) is 2.24. The van der Waals surface area contributed by atoms with Gasteiger partial charge in [0.15, 0.2) is 0 Å². The maximum Gasteiger partial charge on any atom is 0.0705 e. The third-order valence-electron chi connectivity index (χ3n) is 3.03. The van der Waals surface area contributed by atoms with Gasteiger partial charge in [0.2, 0.25) is 0 Å². The topological polar surface area (TPSA) is 45.1 Å². The highest BCUT2D eigenvalue weighted by molar-refractivity contribution is 5.81. The van der Waals surface area contributed by atoms with E-state index in [1.54, 1.807) is 0 Å². The van der Waals surface area contributed by atoms with Gasteiger partial charge in [-0.15, -0.1) is 0 Å². The maximum absolute atomic E-state index is 9.14. The van der Waals surface area contributed by atoms with E-state index >= 15 is 0 Å². The Hall–Kier alpha value is -1.45. The number of fused-ring (bicyclic) bond motifs is 1. The standard InChI is InChI=1S/C14H18N2O/c1-2-12(10-17)16-9-11-7-8-15-14-6-4-3-5-13(11)14/h3-8,12,16-17H,2,9-10H2,1H3. The fourth-order valence-electron chi connectivity index (χ4n) is 1.90. The van der Waals surface area contributed by atoms with E-state index in [1.165, 1.54) is 10.9 Å². The number of nitrogens with zero attached hydrogens (tertiary/aromatic N) is 1. The summed E-state index contributed by atoms with van der Waals surface area (Å²) in [4.78, 5) is 4.33. The van der Waals surface area contributed by atoms with Crippen LogP contribution in [0.4, 0.5) is 0 Å². The van der Waals surface area contributed by atoms with Crippen molar-refractivity contribution in [3.63, 3.8) is 0 Å². The van der Waals surface area contributed by atoms with Crippen LogP contribution in [0, 0.1) is 0 Å². The number of aliphatic hydroxyl groups is 1. The zero-order valence-electron chi connectivity index (χ0n) is 10.1. The van der Waals surface area contributed by atoms with Gasteiger partial charge in [0, 0.05) is 24.2 Å². The van der Waals surface area contributed by atoms with Gasteiger partial charge in [-0.25, -0.2) is 0 Å². The van der Waals surface area contributed by atoms with Crippen LogP contribution in [0.15, 0.2) is 36.5 Å². The highest BCUT2D eigenvalue weighted by atomic mass is 16.3. The van der Waals surface area contributed by atoms with E-state index in [1.807, 2.05) is 30.5 Å². The molecular weight excluding hydrogens is 212 g/mol. The number of benzene rings is 1. The molecule has 2 rings (SSSR count). The Morgan fingerprint density at radius 3 is 2.88 bits per heavy atom. The largest absolute Gasteiger partial charge is 0.395 e. The molecule has 0 aliphatic heterocycles. The SMILES string of the molecule is CCC(CO)NCc1ccnc2ccccc12. The van der Waals surface area contributed by atoms with Crippen LogP contribution in [-0.4, -0.2) is 22.7 Å². The number of rotatable bonds is 5. The molecule has 0 bridgehead atoms. The van der Waals surface area contributed by atoms with Crippen molar-refractivity contribution in [3.8, 4) is 0 Å². The maximum atomic E-state index is 9.14. The van der Waals surface area contributed by atoms with Crippen LogP contribution in [0.2, 0.25) is 0 Å². The van der Waals surface area contributed by atoms with Crippen LogP contribution < -0.4 is 5.32 Å². The van der Waals surface area contributed by atoms with Crippen molar-refractivity contribution in [2.24, 2.45) is 0 Å². The summed E-state index contributed by atoms with van der Waals surface area (Å²) in [6.45, 7) is 3.01. The predicted octanol–water partition coefficient (Wildman–Crippen LogP) is 2.10. The summed E-state index contributed by atoms with van der Waals surface area (Å²) in [6.07, 6.45) is 2.76. The van der Waals surface area contributed by atoms with Gasteiger partial charge in [-0.3, -0.25) is 4.98 Å². The summed E-state index contributed by atoms with van der Waals surface area (Å²) in [6, 6.07) is 10.3. The normalized spacial score (nSPS) is 12.8. The molecule has 0 spiro atoms. The van der Waals surface area contributed by atoms with Gasteiger partial charge in [0.1, 0.15) is 0 Å². The Labute approximate surface area is 102 Å². The molecule has 0 aliphatic carbocycles. The lowest BCUT2D eigenvalue weighted by Crippen LogP contribution is -2.31. The molecule has 3 nitrogen and oxygen atoms in total. The zero-order valence-corrected chi connectivity index (χ0v) is 10.1. The lowest BCUT2D eigenvalue weighted by atomic mass is 10.1. The fourth-order valence-corrected chi connectivity index (χ4v) is 1.90. The molecule has 2 aromatic rings. The molecule has 1 heterocycles. The first-order chi connectivity index (χ1) is 8.35. The number of aromatic nitrogens is 1. The van der Waals surface area contributed by atoms with E-state index in [0.29, 0.717) is 0 Å². The first-order valence-electron chi connectivity index (χ1n) is 6.02. The third-order valence-corrected chi connectivity index (χ3v) is 3.03. The number of para-hydroxylation sites is 1. The summed E-state index contributed by atoms with van der Waals surface area (Å²) in [5.74, 6) is 0. The van der Waals surface area contributed by atoms with Gasteiger partial charge < -0.3 is 10.4 Å². The Morgan fingerprint density at radius 1 is 1.29 bits per heavy atom. The van der Waals surface area contributed by atoms with E-state index in [0.717, 1.165) is 18.5 Å². The van der Waals surface area contributed by atoms with E-state index in [4.69, 9.17) is 5.11 Å². The second-order valence-corrected chi connectivity index (χ2v) is 4.16. The molecule has 1 aromatic heterocycles. The zero-order chi connectivity index (χ0) is 12.1. The third kappa shape index (κ3) is 2.81. The molecule has 0 saturated heterocycles. The molecule has 1 unspecified atom stereocenters. The summed E-state index contributed by atoms with van der Waals surface area (Å²) >= 11 is 0. The van der Waals surface area contributed by atoms with Gasteiger partial charge in [-0.1, -0.05) is 25.1 Å². The minimum absolute atomic E-state index is 0.168. The van der Waals surface area contributed by atoms with Crippen molar-refractivity contribution < 1.29 is 5.11 Å². The quantitative estimate of drug-likeness (QED) is 0.826.